The minimum absolute atomic E-state index is 0.0807. The second-order valence-corrected chi connectivity index (χ2v) is 8.41. The minimum atomic E-state index is -0.981. The summed E-state index contributed by atoms with van der Waals surface area (Å²) in [5.74, 6) is -1.35. The number of carbonyl (C=O) groups is 2. The van der Waals surface area contributed by atoms with E-state index in [2.05, 4.69) is 10.3 Å². The molecule has 3 heterocycles. The van der Waals surface area contributed by atoms with Gasteiger partial charge in [-0.2, -0.15) is 0 Å². The molecular formula is C22H25FN4O5. The highest BCUT2D eigenvalue weighted by atomic mass is 19.1. The van der Waals surface area contributed by atoms with Crippen LogP contribution in [0.4, 0.5) is 9.18 Å². The number of carbonyl (C=O) groups excluding carboxylic acids is 1. The summed E-state index contributed by atoms with van der Waals surface area (Å²) >= 11 is 0. The Morgan fingerprint density at radius 2 is 1.78 bits per heavy atom. The molecule has 2 amide bonds. The van der Waals surface area contributed by atoms with Crippen LogP contribution in [0.2, 0.25) is 0 Å². The number of hydrogen-bond acceptors (Lipinski definition) is 5. The van der Waals surface area contributed by atoms with E-state index < -0.39 is 34.5 Å². The molecule has 0 bridgehead atoms. The van der Waals surface area contributed by atoms with Crippen molar-refractivity contribution in [1.29, 1.82) is 0 Å². The van der Waals surface area contributed by atoms with Crippen molar-refractivity contribution in [3.05, 3.63) is 57.5 Å². The van der Waals surface area contributed by atoms with Crippen molar-refractivity contribution in [3.63, 3.8) is 0 Å². The van der Waals surface area contributed by atoms with E-state index in [-0.39, 0.29) is 12.2 Å². The number of likely N-dealkylation sites (tertiary alicyclic amines) is 1. The maximum atomic E-state index is 13.1. The van der Waals surface area contributed by atoms with Crippen LogP contribution in [-0.4, -0.2) is 49.8 Å². The Morgan fingerprint density at radius 3 is 2.44 bits per heavy atom. The Hall–Kier alpha value is -3.43. The van der Waals surface area contributed by atoms with Crippen LogP contribution in [0.1, 0.15) is 54.0 Å². The molecule has 3 N–H and O–H groups in total. The van der Waals surface area contributed by atoms with E-state index in [0.717, 1.165) is 19.3 Å². The lowest BCUT2D eigenvalue weighted by molar-refractivity contribution is 0.0939. The van der Waals surface area contributed by atoms with Gasteiger partial charge in [0.05, 0.1) is 0 Å². The van der Waals surface area contributed by atoms with Crippen molar-refractivity contribution in [1.82, 2.24) is 19.8 Å². The number of nitrogens with one attached hydrogen (secondary N) is 1. The lowest BCUT2D eigenvalue weighted by atomic mass is 9.74. The molecule has 9 nitrogen and oxygen atoms in total. The summed E-state index contributed by atoms with van der Waals surface area (Å²) in [7, 11) is 0. The molecule has 0 radical (unpaired) electrons. The summed E-state index contributed by atoms with van der Waals surface area (Å²) in [6.45, 7) is 1.10. The van der Waals surface area contributed by atoms with Gasteiger partial charge in [0, 0.05) is 31.6 Å². The molecule has 1 aromatic carbocycles. The summed E-state index contributed by atoms with van der Waals surface area (Å²) < 4.78 is 14.5. The number of carboxylic acid groups (broad SMARTS) is 1. The predicted octanol–water partition coefficient (Wildman–Crippen LogP) is 2.21. The van der Waals surface area contributed by atoms with E-state index in [1.807, 2.05) is 0 Å². The van der Waals surface area contributed by atoms with Gasteiger partial charge in [-0.25, -0.2) is 14.2 Å². The van der Waals surface area contributed by atoms with Crippen LogP contribution in [0.3, 0.4) is 0 Å². The van der Waals surface area contributed by atoms with Gasteiger partial charge in [0.25, 0.3) is 11.5 Å². The highest BCUT2D eigenvalue weighted by Crippen LogP contribution is 2.41. The number of aromatic nitrogens is 2. The molecule has 0 atom stereocenters. The highest BCUT2D eigenvalue weighted by molar-refractivity contribution is 5.94. The maximum Gasteiger partial charge on any atom is 0.407 e. The largest absolute Gasteiger partial charge is 0.501 e. The lowest BCUT2D eigenvalue weighted by Gasteiger charge is -2.40. The molecule has 0 aliphatic carbocycles. The van der Waals surface area contributed by atoms with Gasteiger partial charge in [-0.1, -0.05) is 18.6 Å². The van der Waals surface area contributed by atoms with Crippen molar-refractivity contribution in [2.75, 3.05) is 13.1 Å². The van der Waals surface area contributed by atoms with Crippen LogP contribution < -0.4 is 10.9 Å². The van der Waals surface area contributed by atoms with E-state index >= 15 is 0 Å². The second kappa shape index (κ2) is 8.60. The van der Waals surface area contributed by atoms with Gasteiger partial charge in [-0.05, 0) is 43.4 Å². The molecule has 1 fully saturated rings. The molecule has 2 aliphatic rings. The van der Waals surface area contributed by atoms with Crippen LogP contribution in [0, 0.1) is 5.82 Å². The molecular weight excluding hydrogens is 419 g/mol. The van der Waals surface area contributed by atoms with E-state index in [4.69, 9.17) is 0 Å². The number of benzene rings is 1. The van der Waals surface area contributed by atoms with Crippen LogP contribution >= 0.6 is 0 Å². The Labute approximate surface area is 183 Å². The Bertz CT molecular complexity index is 1090. The summed E-state index contributed by atoms with van der Waals surface area (Å²) in [5, 5.41) is 22.4. The molecule has 1 spiro atoms. The molecule has 2 aromatic rings. The first-order valence-electron chi connectivity index (χ1n) is 10.7. The van der Waals surface area contributed by atoms with Gasteiger partial charge in [-0.15, -0.1) is 0 Å². The molecule has 170 valence electrons. The summed E-state index contributed by atoms with van der Waals surface area (Å²) in [6, 6.07) is 5.61. The van der Waals surface area contributed by atoms with Crippen molar-refractivity contribution in [3.8, 4) is 5.75 Å². The summed E-state index contributed by atoms with van der Waals surface area (Å²) in [5.41, 5.74) is -0.876. The average molecular weight is 444 g/mol. The second-order valence-electron chi connectivity index (χ2n) is 8.41. The van der Waals surface area contributed by atoms with Gasteiger partial charge in [0.1, 0.15) is 11.6 Å². The number of fused-ring (bicyclic) bond motifs is 2. The van der Waals surface area contributed by atoms with Gasteiger partial charge in [0.15, 0.2) is 5.69 Å². The summed E-state index contributed by atoms with van der Waals surface area (Å²) in [4.78, 5) is 42.9. The number of nitrogens with zero attached hydrogens (tertiary/aromatic N) is 3. The first-order valence-corrected chi connectivity index (χ1v) is 10.7. The monoisotopic (exact) mass is 444 g/mol. The van der Waals surface area contributed by atoms with E-state index in [9.17, 15) is 29.0 Å². The van der Waals surface area contributed by atoms with Crippen molar-refractivity contribution < 1.29 is 24.2 Å². The van der Waals surface area contributed by atoms with Crippen LogP contribution in [0.15, 0.2) is 29.1 Å². The number of hydrogen-bond donors (Lipinski definition) is 3. The van der Waals surface area contributed by atoms with Gasteiger partial charge >= 0.3 is 6.09 Å². The SMILES string of the molecule is O=C(NCc1ccc(F)cc1)c1nc2n(c(=O)c1O)CCCCC21CCN(C(=O)O)CC1. The Kier molecular flexibility index (Phi) is 5.86. The number of amides is 2. The smallest absolute Gasteiger partial charge is 0.407 e. The minimum Gasteiger partial charge on any atom is -0.501 e. The average Bonchev–Trinajstić information content (AvgIpc) is 2.95. The third-order valence-corrected chi connectivity index (χ3v) is 6.48. The fourth-order valence-electron chi connectivity index (χ4n) is 4.63. The first-order chi connectivity index (χ1) is 15.3. The highest BCUT2D eigenvalue weighted by Gasteiger charge is 2.42. The molecule has 1 saturated heterocycles. The van der Waals surface area contributed by atoms with Gasteiger partial charge in [-0.3, -0.25) is 14.2 Å². The maximum absolute atomic E-state index is 13.1. The molecule has 32 heavy (non-hydrogen) atoms. The van der Waals surface area contributed by atoms with Crippen LogP contribution in [0.5, 0.6) is 5.75 Å². The third-order valence-electron chi connectivity index (χ3n) is 6.48. The molecule has 0 unspecified atom stereocenters. The standard InChI is InChI=1S/C22H25FN4O5/c23-15-5-3-14(4-6-15)13-24-18(29)16-17(28)19(30)27-10-2-1-7-22(20(27)25-16)8-11-26(12-9-22)21(31)32/h3-6,28H,1-2,7-13H2,(H,24,29)(H,31,32). The molecule has 10 heteroatoms. The van der Waals surface area contributed by atoms with Crippen molar-refractivity contribution in [2.45, 2.75) is 50.6 Å². The normalized spacial score (nSPS) is 17.5. The first kappa shape index (κ1) is 21.8. The van der Waals surface area contributed by atoms with E-state index in [1.165, 1.54) is 33.7 Å². The van der Waals surface area contributed by atoms with Crippen molar-refractivity contribution in [2.24, 2.45) is 0 Å². The fraction of sp³-hybridized carbons (Fsp3) is 0.455. The number of aromatic hydroxyl groups is 1. The molecule has 2 aliphatic heterocycles. The van der Waals surface area contributed by atoms with Gasteiger partial charge < -0.3 is 20.4 Å². The number of rotatable bonds is 3. The molecule has 0 saturated carbocycles. The quantitative estimate of drug-likeness (QED) is 0.667. The zero-order valence-electron chi connectivity index (χ0n) is 17.5. The predicted molar refractivity (Wildman–Crippen MR) is 112 cm³/mol. The molecule has 4 rings (SSSR count). The fourth-order valence-corrected chi connectivity index (χ4v) is 4.63. The van der Waals surface area contributed by atoms with Crippen LogP contribution in [-0.2, 0) is 18.5 Å². The zero-order chi connectivity index (χ0) is 22.9. The third kappa shape index (κ3) is 4.04. The zero-order valence-corrected chi connectivity index (χ0v) is 17.5. The van der Waals surface area contributed by atoms with Gasteiger partial charge in [0.2, 0.25) is 5.75 Å². The lowest BCUT2D eigenvalue weighted by Crippen LogP contribution is -2.47. The van der Waals surface area contributed by atoms with Crippen molar-refractivity contribution >= 4 is 12.0 Å². The Morgan fingerprint density at radius 1 is 1.09 bits per heavy atom. The van der Waals surface area contributed by atoms with Crippen LogP contribution in [0.25, 0.3) is 0 Å². The topological polar surface area (TPSA) is 125 Å². The van der Waals surface area contributed by atoms with E-state index in [0.29, 0.717) is 43.9 Å². The number of piperidine rings is 1. The van der Waals surface area contributed by atoms with E-state index in [1.54, 1.807) is 0 Å². The Balaban J connectivity index is 1.65. The summed E-state index contributed by atoms with van der Waals surface area (Å²) in [6.07, 6.45) is 2.30. The molecule has 1 aromatic heterocycles. The number of halogens is 1.